The molecule has 1 amide bonds. The maximum atomic E-state index is 12.3. The van der Waals surface area contributed by atoms with Gasteiger partial charge in [-0.15, -0.1) is 0 Å². The fourth-order valence-corrected chi connectivity index (χ4v) is 3.01. The first-order valence-electron chi connectivity index (χ1n) is 7.05. The van der Waals surface area contributed by atoms with Crippen LogP contribution in [0, 0.1) is 0 Å². The van der Waals surface area contributed by atoms with E-state index in [4.69, 9.17) is 0 Å². The van der Waals surface area contributed by atoms with E-state index in [-0.39, 0.29) is 11.9 Å². The minimum atomic E-state index is -0.151. The quantitative estimate of drug-likeness (QED) is 0.898. The molecule has 0 spiro atoms. The number of amides is 1. The average molecular weight is 345 g/mol. The molecular formula is C17H17BrN2O. The molecule has 0 aliphatic carbocycles. The van der Waals surface area contributed by atoms with E-state index < -0.39 is 0 Å². The zero-order valence-electron chi connectivity index (χ0n) is 11.6. The molecule has 3 rings (SSSR count). The molecule has 0 unspecified atom stereocenters. The number of rotatable bonds is 3. The maximum Gasteiger partial charge on any atom is 0.237 e. The summed E-state index contributed by atoms with van der Waals surface area (Å²) < 4.78 is 1.02. The number of carbonyl (C=O) groups is 1. The first kappa shape index (κ1) is 14.3. The normalized spacial score (nSPS) is 17.1. The number of fused-ring (bicyclic) bond motifs is 1. The van der Waals surface area contributed by atoms with Crippen LogP contribution in [0.4, 0.5) is 0 Å². The highest BCUT2D eigenvalue weighted by Gasteiger charge is 2.23. The number of halogens is 1. The number of nitrogens with one attached hydrogen (secondary N) is 2. The summed E-state index contributed by atoms with van der Waals surface area (Å²) in [4.78, 5) is 12.3. The van der Waals surface area contributed by atoms with Crippen molar-refractivity contribution in [2.75, 3.05) is 0 Å². The molecule has 21 heavy (non-hydrogen) atoms. The van der Waals surface area contributed by atoms with E-state index in [9.17, 15) is 4.79 Å². The monoisotopic (exact) mass is 344 g/mol. The van der Waals surface area contributed by atoms with Crippen molar-refractivity contribution in [2.24, 2.45) is 0 Å². The van der Waals surface area contributed by atoms with Crippen LogP contribution in [-0.2, 0) is 24.3 Å². The molecule has 0 fully saturated rings. The Morgan fingerprint density at radius 1 is 1.14 bits per heavy atom. The summed E-state index contributed by atoms with van der Waals surface area (Å²) in [6, 6.07) is 16.1. The van der Waals surface area contributed by atoms with Gasteiger partial charge in [0.05, 0.1) is 6.04 Å². The summed E-state index contributed by atoms with van der Waals surface area (Å²) in [5.74, 6) is 0.0558. The van der Waals surface area contributed by atoms with Gasteiger partial charge in [-0.3, -0.25) is 4.79 Å². The van der Waals surface area contributed by atoms with Crippen LogP contribution in [0.15, 0.2) is 53.0 Å². The Kier molecular flexibility index (Phi) is 4.36. The lowest BCUT2D eigenvalue weighted by Gasteiger charge is -2.25. The van der Waals surface area contributed by atoms with E-state index in [2.05, 4.69) is 38.7 Å². The molecule has 0 saturated heterocycles. The standard InChI is InChI=1S/C17H17BrN2O/c18-15-8-4-3-7-14(15)11-20-17(21)16-9-12-5-1-2-6-13(12)10-19-16/h1-8,16,19H,9-11H2,(H,20,21)/t16-/m0/s1. The molecule has 108 valence electrons. The summed E-state index contributed by atoms with van der Waals surface area (Å²) in [6.07, 6.45) is 0.748. The van der Waals surface area contributed by atoms with Gasteiger partial charge < -0.3 is 10.6 Å². The SMILES string of the molecule is O=C(NCc1ccccc1Br)[C@@H]1Cc2ccccc2CN1. The van der Waals surface area contributed by atoms with Crippen molar-refractivity contribution in [2.45, 2.75) is 25.6 Å². The lowest BCUT2D eigenvalue weighted by atomic mass is 9.95. The zero-order valence-corrected chi connectivity index (χ0v) is 13.2. The van der Waals surface area contributed by atoms with Crippen LogP contribution in [0.1, 0.15) is 16.7 Å². The summed E-state index contributed by atoms with van der Waals surface area (Å²) in [5.41, 5.74) is 3.63. The van der Waals surface area contributed by atoms with Crippen molar-refractivity contribution in [1.29, 1.82) is 0 Å². The third-order valence-corrected chi connectivity index (χ3v) is 4.58. The smallest absolute Gasteiger partial charge is 0.237 e. The molecule has 0 radical (unpaired) electrons. The third-order valence-electron chi connectivity index (χ3n) is 3.81. The van der Waals surface area contributed by atoms with Gasteiger partial charge in [-0.2, -0.15) is 0 Å². The molecule has 3 nitrogen and oxygen atoms in total. The minimum Gasteiger partial charge on any atom is -0.351 e. The summed E-state index contributed by atoms with van der Waals surface area (Å²) in [5, 5.41) is 6.31. The van der Waals surface area contributed by atoms with Gasteiger partial charge in [0.2, 0.25) is 5.91 Å². The van der Waals surface area contributed by atoms with Gasteiger partial charge >= 0.3 is 0 Å². The van der Waals surface area contributed by atoms with E-state index in [1.54, 1.807) is 0 Å². The first-order chi connectivity index (χ1) is 10.2. The van der Waals surface area contributed by atoms with Crippen molar-refractivity contribution in [1.82, 2.24) is 10.6 Å². The van der Waals surface area contributed by atoms with Gasteiger partial charge in [0.15, 0.2) is 0 Å². The Morgan fingerprint density at radius 3 is 2.67 bits per heavy atom. The number of benzene rings is 2. The predicted octanol–water partition coefficient (Wildman–Crippen LogP) is 2.78. The summed E-state index contributed by atoms with van der Waals surface area (Å²) >= 11 is 3.50. The average Bonchev–Trinajstić information content (AvgIpc) is 2.53. The van der Waals surface area contributed by atoms with Gasteiger partial charge in [0, 0.05) is 17.6 Å². The second-order valence-corrected chi connectivity index (χ2v) is 6.07. The highest BCUT2D eigenvalue weighted by Crippen LogP contribution is 2.17. The van der Waals surface area contributed by atoms with Crippen molar-refractivity contribution in [3.63, 3.8) is 0 Å². The molecule has 0 aromatic heterocycles. The molecule has 1 heterocycles. The van der Waals surface area contributed by atoms with E-state index in [0.717, 1.165) is 23.0 Å². The van der Waals surface area contributed by atoms with Crippen molar-refractivity contribution >= 4 is 21.8 Å². The first-order valence-corrected chi connectivity index (χ1v) is 7.84. The van der Waals surface area contributed by atoms with E-state index in [0.29, 0.717) is 6.54 Å². The molecule has 4 heteroatoms. The lowest BCUT2D eigenvalue weighted by molar-refractivity contribution is -0.123. The summed E-state index contributed by atoms with van der Waals surface area (Å²) in [6.45, 7) is 1.30. The van der Waals surface area contributed by atoms with Crippen LogP contribution in [0.25, 0.3) is 0 Å². The van der Waals surface area contributed by atoms with Crippen molar-refractivity contribution in [3.8, 4) is 0 Å². The van der Waals surface area contributed by atoms with Gasteiger partial charge in [-0.25, -0.2) is 0 Å². The summed E-state index contributed by atoms with van der Waals surface area (Å²) in [7, 11) is 0. The third kappa shape index (κ3) is 3.34. The molecule has 2 aromatic carbocycles. The van der Waals surface area contributed by atoms with Crippen LogP contribution in [0.2, 0.25) is 0 Å². The van der Waals surface area contributed by atoms with E-state index >= 15 is 0 Å². The number of hydrogen-bond acceptors (Lipinski definition) is 2. The predicted molar refractivity (Wildman–Crippen MR) is 86.8 cm³/mol. The van der Waals surface area contributed by atoms with Crippen LogP contribution in [-0.4, -0.2) is 11.9 Å². The Morgan fingerprint density at radius 2 is 1.86 bits per heavy atom. The van der Waals surface area contributed by atoms with Gasteiger partial charge in [-0.05, 0) is 29.2 Å². The lowest BCUT2D eigenvalue weighted by Crippen LogP contribution is -2.47. The second kappa shape index (κ2) is 6.41. The number of hydrogen-bond donors (Lipinski definition) is 2. The van der Waals surface area contributed by atoms with Crippen LogP contribution in [0.3, 0.4) is 0 Å². The molecule has 1 atom stereocenters. The molecule has 0 bridgehead atoms. The Bertz CT molecular complexity index is 657. The molecule has 0 saturated carbocycles. The fourth-order valence-electron chi connectivity index (χ4n) is 2.59. The molecule has 1 aliphatic rings. The van der Waals surface area contributed by atoms with Crippen LogP contribution >= 0.6 is 15.9 Å². The Balaban J connectivity index is 1.61. The van der Waals surface area contributed by atoms with Gasteiger partial charge in [0.25, 0.3) is 0 Å². The molecule has 1 aliphatic heterocycles. The second-order valence-electron chi connectivity index (χ2n) is 5.22. The highest BCUT2D eigenvalue weighted by atomic mass is 79.9. The topological polar surface area (TPSA) is 41.1 Å². The van der Waals surface area contributed by atoms with E-state index in [1.807, 2.05) is 36.4 Å². The van der Waals surface area contributed by atoms with Crippen molar-refractivity contribution < 1.29 is 4.79 Å². The molecule has 2 aromatic rings. The Labute approximate surface area is 132 Å². The maximum absolute atomic E-state index is 12.3. The van der Waals surface area contributed by atoms with Gasteiger partial charge in [-0.1, -0.05) is 58.4 Å². The van der Waals surface area contributed by atoms with E-state index in [1.165, 1.54) is 11.1 Å². The highest BCUT2D eigenvalue weighted by molar-refractivity contribution is 9.10. The van der Waals surface area contributed by atoms with Crippen molar-refractivity contribution in [3.05, 3.63) is 69.7 Å². The fraction of sp³-hybridized carbons (Fsp3) is 0.235. The van der Waals surface area contributed by atoms with Crippen LogP contribution in [0.5, 0.6) is 0 Å². The molecule has 2 N–H and O–H groups in total. The zero-order chi connectivity index (χ0) is 14.7. The largest absolute Gasteiger partial charge is 0.351 e. The Hall–Kier alpha value is -1.65. The minimum absolute atomic E-state index is 0.0558. The molecular weight excluding hydrogens is 328 g/mol. The number of carbonyl (C=O) groups excluding carboxylic acids is 1. The van der Waals surface area contributed by atoms with Crippen LogP contribution < -0.4 is 10.6 Å². The van der Waals surface area contributed by atoms with Gasteiger partial charge in [0.1, 0.15) is 0 Å².